The van der Waals surface area contributed by atoms with Crippen molar-refractivity contribution >= 4 is 5.97 Å². The predicted octanol–water partition coefficient (Wildman–Crippen LogP) is 5.15. The Balaban J connectivity index is 0.00000139. The maximum absolute atomic E-state index is 10.7. The minimum atomic E-state index is -0.783. The second-order valence-corrected chi connectivity index (χ2v) is 5.23. The summed E-state index contributed by atoms with van der Waals surface area (Å²) in [4.78, 5) is 10.7. The number of benzene rings is 2. The summed E-state index contributed by atoms with van der Waals surface area (Å²) in [5, 5.41) is 8.77. The zero-order chi connectivity index (χ0) is 18.1. The molecule has 24 heavy (non-hydrogen) atoms. The maximum atomic E-state index is 10.7. The van der Waals surface area contributed by atoms with Gasteiger partial charge in [0, 0.05) is 6.42 Å². The van der Waals surface area contributed by atoms with E-state index in [1.165, 1.54) is 0 Å². The maximum Gasteiger partial charge on any atom is 0.303 e. The number of carboxylic acids is 1. The topological polar surface area (TPSA) is 55.8 Å². The average molecular weight is 330 g/mol. The molecule has 0 atom stereocenters. The van der Waals surface area contributed by atoms with Crippen LogP contribution in [0, 0.1) is 13.8 Å². The summed E-state index contributed by atoms with van der Waals surface area (Å²) in [6.07, 6.45) is 0.664. The lowest BCUT2D eigenvalue weighted by molar-refractivity contribution is -0.136. The first-order valence-electron chi connectivity index (χ1n) is 8.13. The number of aliphatic carboxylic acids is 1. The molecule has 0 aliphatic rings. The van der Waals surface area contributed by atoms with Gasteiger partial charge in [0.15, 0.2) is 0 Å². The van der Waals surface area contributed by atoms with Crippen LogP contribution in [0.1, 0.15) is 37.0 Å². The number of carbonyl (C=O) groups is 1. The Labute approximate surface area is 144 Å². The van der Waals surface area contributed by atoms with E-state index in [2.05, 4.69) is 0 Å². The van der Waals surface area contributed by atoms with Crippen molar-refractivity contribution in [2.75, 3.05) is 7.11 Å². The van der Waals surface area contributed by atoms with Crippen molar-refractivity contribution in [3.05, 3.63) is 53.1 Å². The molecule has 0 saturated heterocycles. The Morgan fingerprint density at radius 3 is 1.96 bits per heavy atom. The van der Waals surface area contributed by atoms with Gasteiger partial charge in [0.1, 0.15) is 17.2 Å². The Bertz CT molecular complexity index is 637. The van der Waals surface area contributed by atoms with Crippen LogP contribution in [0.5, 0.6) is 17.2 Å². The number of hydrogen-bond acceptors (Lipinski definition) is 3. The van der Waals surface area contributed by atoms with Crippen LogP contribution in [0.15, 0.2) is 36.4 Å². The van der Waals surface area contributed by atoms with Crippen molar-refractivity contribution < 1.29 is 19.4 Å². The highest BCUT2D eigenvalue weighted by atomic mass is 16.5. The minimum absolute atomic E-state index is 0.136. The van der Waals surface area contributed by atoms with Crippen LogP contribution in [0.4, 0.5) is 0 Å². The van der Waals surface area contributed by atoms with E-state index in [-0.39, 0.29) is 6.42 Å². The lowest BCUT2D eigenvalue weighted by Crippen LogP contribution is -1.99. The van der Waals surface area contributed by atoms with Gasteiger partial charge >= 0.3 is 5.97 Å². The fourth-order valence-corrected chi connectivity index (χ4v) is 2.36. The van der Waals surface area contributed by atoms with Gasteiger partial charge in [-0.15, -0.1) is 0 Å². The van der Waals surface area contributed by atoms with E-state index in [1.807, 2.05) is 64.1 Å². The molecule has 0 heterocycles. The van der Waals surface area contributed by atoms with E-state index in [9.17, 15) is 4.79 Å². The molecule has 0 aromatic heterocycles. The van der Waals surface area contributed by atoms with Crippen LogP contribution in [0.2, 0.25) is 0 Å². The van der Waals surface area contributed by atoms with Crippen LogP contribution in [0.25, 0.3) is 0 Å². The van der Waals surface area contributed by atoms with Crippen molar-refractivity contribution in [1.82, 2.24) is 0 Å². The van der Waals surface area contributed by atoms with Gasteiger partial charge in [-0.25, -0.2) is 0 Å². The summed E-state index contributed by atoms with van der Waals surface area (Å²) >= 11 is 0. The third-order valence-electron chi connectivity index (χ3n) is 3.43. The number of carboxylic acid groups (broad SMARTS) is 1. The Morgan fingerprint density at radius 1 is 1.00 bits per heavy atom. The normalized spacial score (nSPS) is 9.71. The molecular formula is C20H26O4. The molecule has 0 aliphatic carbocycles. The first-order valence-corrected chi connectivity index (χ1v) is 8.13. The van der Waals surface area contributed by atoms with Crippen LogP contribution in [0.3, 0.4) is 0 Å². The van der Waals surface area contributed by atoms with Crippen LogP contribution >= 0.6 is 0 Å². The Morgan fingerprint density at radius 2 is 1.50 bits per heavy atom. The number of ether oxygens (including phenoxy) is 2. The lowest BCUT2D eigenvalue weighted by atomic mass is 10.0. The van der Waals surface area contributed by atoms with E-state index in [0.29, 0.717) is 6.42 Å². The van der Waals surface area contributed by atoms with Gasteiger partial charge in [-0.3, -0.25) is 4.79 Å². The third kappa shape index (κ3) is 5.61. The summed E-state index contributed by atoms with van der Waals surface area (Å²) in [6, 6.07) is 11.4. The lowest BCUT2D eigenvalue weighted by Gasteiger charge is -2.14. The summed E-state index contributed by atoms with van der Waals surface area (Å²) in [7, 11) is 1.63. The van der Waals surface area contributed by atoms with E-state index in [1.54, 1.807) is 7.11 Å². The molecule has 2 aromatic rings. The first kappa shape index (κ1) is 19.6. The molecule has 2 rings (SSSR count). The van der Waals surface area contributed by atoms with Gasteiger partial charge in [0.25, 0.3) is 0 Å². The number of rotatable bonds is 6. The average Bonchev–Trinajstić information content (AvgIpc) is 2.58. The molecule has 0 bridgehead atoms. The monoisotopic (exact) mass is 330 g/mol. The van der Waals surface area contributed by atoms with Gasteiger partial charge < -0.3 is 14.6 Å². The van der Waals surface area contributed by atoms with Crippen LogP contribution in [-0.4, -0.2) is 18.2 Å². The molecule has 0 radical (unpaired) electrons. The largest absolute Gasteiger partial charge is 0.497 e. The van der Waals surface area contributed by atoms with Crippen molar-refractivity contribution in [1.29, 1.82) is 0 Å². The molecule has 130 valence electrons. The first-order chi connectivity index (χ1) is 11.5. The molecule has 2 aromatic carbocycles. The summed E-state index contributed by atoms with van der Waals surface area (Å²) in [5.74, 6) is 1.55. The van der Waals surface area contributed by atoms with Crippen molar-refractivity contribution in [2.45, 2.75) is 40.5 Å². The quantitative estimate of drug-likeness (QED) is 0.796. The fraction of sp³-hybridized carbons (Fsp3) is 0.350. The van der Waals surface area contributed by atoms with E-state index in [4.69, 9.17) is 14.6 Å². The number of aryl methyl sites for hydroxylation is 3. The molecule has 0 saturated carbocycles. The smallest absolute Gasteiger partial charge is 0.303 e. The summed E-state index contributed by atoms with van der Waals surface area (Å²) < 4.78 is 11.1. The number of methoxy groups -OCH3 is 1. The fourth-order valence-electron chi connectivity index (χ4n) is 2.36. The van der Waals surface area contributed by atoms with Crippen molar-refractivity contribution in [3.63, 3.8) is 0 Å². The molecule has 0 fully saturated rings. The molecule has 4 heteroatoms. The van der Waals surface area contributed by atoms with Crippen LogP contribution < -0.4 is 9.47 Å². The SMILES string of the molecule is CC.COc1ccc(Oc2c(C)cc(CCC(=O)O)cc2C)cc1. The Hall–Kier alpha value is -2.49. The highest BCUT2D eigenvalue weighted by Gasteiger charge is 2.09. The second-order valence-electron chi connectivity index (χ2n) is 5.23. The van der Waals surface area contributed by atoms with Gasteiger partial charge in [-0.2, -0.15) is 0 Å². The van der Waals surface area contributed by atoms with Gasteiger partial charge in [-0.1, -0.05) is 26.0 Å². The standard InChI is InChI=1S/C18H20O4.C2H6/c1-12-10-14(4-9-17(19)20)11-13(2)18(12)22-16-7-5-15(21-3)6-8-16;1-2/h5-8,10-11H,4,9H2,1-3H3,(H,19,20);1-2H3. The summed E-state index contributed by atoms with van der Waals surface area (Å²) in [5.41, 5.74) is 3.01. The molecule has 0 unspecified atom stereocenters. The van der Waals surface area contributed by atoms with Gasteiger partial charge in [0.2, 0.25) is 0 Å². The number of hydrogen-bond donors (Lipinski definition) is 1. The molecule has 0 aliphatic heterocycles. The van der Waals surface area contributed by atoms with Gasteiger partial charge in [-0.05, 0) is 61.2 Å². The Kier molecular flexibility index (Phi) is 7.83. The van der Waals surface area contributed by atoms with Gasteiger partial charge in [0.05, 0.1) is 7.11 Å². The predicted molar refractivity (Wildman–Crippen MR) is 96.3 cm³/mol. The van der Waals surface area contributed by atoms with Crippen molar-refractivity contribution in [2.24, 2.45) is 0 Å². The molecule has 0 spiro atoms. The van der Waals surface area contributed by atoms with E-state index < -0.39 is 5.97 Å². The highest BCUT2D eigenvalue weighted by Crippen LogP contribution is 2.31. The molecular weight excluding hydrogens is 304 g/mol. The zero-order valence-electron chi connectivity index (χ0n) is 15.1. The minimum Gasteiger partial charge on any atom is -0.497 e. The molecule has 1 N–H and O–H groups in total. The molecule has 0 amide bonds. The highest BCUT2D eigenvalue weighted by molar-refractivity contribution is 5.67. The van der Waals surface area contributed by atoms with Crippen molar-refractivity contribution in [3.8, 4) is 17.2 Å². The van der Waals surface area contributed by atoms with E-state index >= 15 is 0 Å². The summed E-state index contributed by atoms with van der Waals surface area (Å²) in [6.45, 7) is 7.94. The zero-order valence-corrected chi connectivity index (χ0v) is 15.1. The second kappa shape index (κ2) is 9.60. The van der Waals surface area contributed by atoms with Crippen LogP contribution in [-0.2, 0) is 11.2 Å². The van der Waals surface area contributed by atoms with E-state index in [0.717, 1.165) is 33.9 Å². The molecule has 4 nitrogen and oxygen atoms in total. The third-order valence-corrected chi connectivity index (χ3v) is 3.43.